The first-order chi connectivity index (χ1) is 6.71. The van der Waals surface area contributed by atoms with E-state index >= 15 is 0 Å². The van der Waals surface area contributed by atoms with Crippen LogP contribution in [-0.4, -0.2) is 28.7 Å². The summed E-state index contributed by atoms with van der Waals surface area (Å²) >= 11 is 3.40. The quantitative estimate of drug-likeness (QED) is 0.647. The number of halogens is 1. The number of nitrogens with zero attached hydrogens (tertiary/aromatic N) is 1. The van der Waals surface area contributed by atoms with Gasteiger partial charge in [-0.2, -0.15) is 0 Å². The van der Waals surface area contributed by atoms with Crippen molar-refractivity contribution >= 4 is 21.8 Å². The fourth-order valence-corrected chi connectivity index (χ4v) is 2.07. The van der Waals surface area contributed by atoms with Crippen molar-refractivity contribution in [1.29, 1.82) is 0 Å². The molecular weight excluding hydrogens is 242 g/mol. The van der Waals surface area contributed by atoms with E-state index in [4.69, 9.17) is 0 Å². The molecule has 84 valence electrons. The zero-order chi connectivity index (χ0) is 11.0. The van der Waals surface area contributed by atoms with Gasteiger partial charge in [0.15, 0.2) is 0 Å². The molecule has 1 amide bonds. The number of rotatable bonds is 7. The van der Waals surface area contributed by atoms with Crippen molar-refractivity contribution in [1.82, 2.24) is 4.90 Å². The van der Waals surface area contributed by atoms with E-state index in [-0.39, 0.29) is 0 Å². The Morgan fingerprint density at radius 3 is 2.21 bits per heavy atom. The lowest BCUT2D eigenvalue weighted by molar-refractivity contribution is -0.133. The average molecular weight is 264 g/mol. The molecule has 0 heterocycles. The van der Waals surface area contributed by atoms with Crippen molar-refractivity contribution in [2.24, 2.45) is 0 Å². The largest absolute Gasteiger partial charge is 0.339 e. The highest BCUT2D eigenvalue weighted by atomic mass is 79.9. The Kier molecular flexibility index (Phi) is 8.24. The lowest BCUT2D eigenvalue weighted by atomic mass is 10.1. The van der Waals surface area contributed by atoms with Gasteiger partial charge in [-0.05, 0) is 19.3 Å². The summed E-state index contributed by atoms with van der Waals surface area (Å²) in [5.74, 6) is 0.306. The van der Waals surface area contributed by atoms with Crippen LogP contribution in [0.4, 0.5) is 0 Å². The van der Waals surface area contributed by atoms with Crippen LogP contribution in [0.15, 0.2) is 0 Å². The summed E-state index contributed by atoms with van der Waals surface area (Å²) in [6.07, 6.45) is 3.74. The summed E-state index contributed by atoms with van der Waals surface area (Å²) in [5, 5.41) is 0.874. The van der Waals surface area contributed by atoms with Gasteiger partial charge in [0.1, 0.15) is 0 Å². The van der Waals surface area contributed by atoms with Gasteiger partial charge in [-0.15, -0.1) is 0 Å². The summed E-state index contributed by atoms with van der Waals surface area (Å²) < 4.78 is 0. The summed E-state index contributed by atoms with van der Waals surface area (Å²) in [6, 6.07) is 0.423. The first-order valence-corrected chi connectivity index (χ1v) is 6.68. The monoisotopic (exact) mass is 263 g/mol. The van der Waals surface area contributed by atoms with Crippen LogP contribution in [0.2, 0.25) is 0 Å². The number of carbonyl (C=O) groups is 1. The van der Waals surface area contributed by atoms with Gasteiger partial charge in [-0.3, -0.25) is 4.79 Å². The molecule has 14 heavy (non-hydrogen) atoms. The molecule has 0 aromatic carbocycles. The highest BCUT2D eigenvalue weighted by Crippen LogP contribution is 2.11. The minimum atomic E-state index is 0.306. The SMILES string of the molecule is CCCC(=O)N(CCBr)C(CC)CC. The van der Waals surface area contributed by atoms with Crippen molar-refractivity contribution in [2.75, 3.05) is 11.9 Å². The standard InChI is InChI=1S/C11H22BrNO/c1-4-7-11(14)13(9-8-12)10(5-2)6-3/h10H,4-9H2,1-3H3. The van der Waals surface area contributed by atoms with E-state index in [0.717, 1.165) is 31.1 Å². The number of hydrogen-bond donors (Lipinski definition) is 0. The number of amides is 1. The molecule has 0 spiro atoms. The normalized spacial score (nSPS) is 10.6. The van der Waals surface area contributed by atoms with Crippen LogP contribution in [0, 0.1) is 0 Å². The molecule has 0 unspecified atom stereocenters. The molecule has 0 aromatic heterocycles. The fourth-order valence-electron chi connectivity index (χ4n) is 1.69. The van der Waals surface area contributed by atoms with Gasteiger partial charge in [-0.1, -0.05) is 36.7 Å². The van der Waals surface area contributed by atoms with E-state index in [1.165, 1.54) is 0 Å². The van der Waals surface area contributed by atoms with Crippen LogP contribution < -0.4 is 0 Å². The molecular formula is C11H22BrNO. The molecule has 0 aliphatic rings. The van der Waals surface area contributed by atoms with Gasteiger partial charge in [0.25, 0.3) is 0 Å². The minimum Gasteiger partial charge on any atom is -0.339 e. The maximum atomic E-state index is 11.8. The summed E-state index contributed by atoms with van der Waals surface area (Å²) in [4.78, 5) is 13.8. The molecule has 0 aliphatic carbocycles. The maximum absolute atomic E-state index is 11.8. The van der Waals surface area contributed by atoms with E-state index in [2.05, 4.69) is 36.7 Å². The van der Waals surface area contributed by atoms with Crippen molar-refractivity contribution in [2.45, 2.75) is 52.5 Å². The molecule has 0 aromatic rings. The molecule has 0 bridgehead atoms. The Morgan fingerprint density at radius 2 is 1.86 bits per heavy atom. The van der Waals surface area contributed by atoms with Crippen LogP contribution in [-0.2, 0) is 4.79 Å². The molecule has 0 fully saturated rings. The third-order valence-corrected chi connectivity index (χ3v) is 2.85. The van der Waals surface area contributed by atoms with Gasteiger partial charge in [0, 0.05) is 24.3 Å². The van der Waals surface area contributed by atoms with Crippen LogP contribution in [0.1, 0.15) is 46.5 Å². The van der Waals surface area contributed by atoms with E-state index in [9.17, 15) is 4.79 Å². The van der Waals surface area contributed by atoms with Gasteiger partial charge >= 0.3 is 0 Å². The molecule has 0 rings (SSSR count). The van der Waals surface area contributed by atoms with Crippen molar-refractivity contribution < 1.29 is 4.79 Å². The van der Waals surface area contributed by atoms with E-state index < -0.39 is 0 Å². The molecule has 3 heteroatoms. The Bertz CT molecular complexity index is 157. The lowest BCUT2D eigenvalue weighted by Crippen LogP contribution is -2.40. The Labute approximate surface area is 96.2 Å². The maximum Gasteiger partial charge on any atom is 0.222 e. The summed E-state index contributed by atoms with van der Waals surface area (Å²) in [5.41, 5.74) is 0. The number of carbonyl (C=O) groups excluding carboxylic acids is 1. The van der Waals surface area contributed by atoms with Crippen LogP contribution in [0.5, 0.6) is 0 Å². The second-order valence-electron chi connectivity index (χ2n) is 3.50. The molecule has 0 radical (unpaired) electrons. The van der Waals surface area contributed by atoms with Gasteiger partial charge in [0.2, 0.25) is 5.91 Å². The Balaban J connectivity index is 4.31. The van der Waals surface area contributed by atoms with Gasteiger partial charge in [0.05, 0.1) is 0 Å². The predicted molar refractivity (Wildman–Crippen MR) is 64.8 cm³/mol. The first kappa shape index (κ1) is 13.9. The van der Waals surface area contributed by atoms with E-state index in [1.807, 2.05) is 4.90 Å². The van der Waals surface area contributed by atoms with E-state index in [0.29, 0.717) is 18.4 Å². The fraction of sp³-hybridized carbons (Fsp3) is 0.909. The third kappa shape index (κ3) is 4.45. The van der Waals surface area contributed by atoms with Crippen LogP contribution >= 0.6 is 15.9 Å². The van der Waals surface area contributed by atoms with Crippen molar-refractivity contribution in [3.05, 3.63) is 0 Å². The first-order valence-electron chi connectivity index (χ1n) is 5.56. The highest BCUT2D eigenvalue weighted by molar-refractivity contribution is 9.09. The van der Waals surface area contributed by atoms with Crippen molar-refractivity contribution in [3.63, 3.8) is 0 Å². The Hall–Kier alpha value is -0.0500. The van der Waals surface area contributed by atoms with Crippen LogP contribution in [0.25, 0.3) is 0 Å². The molecule has 0 atom stereocenters. The molecule has 0 saturated heterocycles. The second kappa shape index (κ2) is 8.27. The van der Waals surface area contributed by atoms with Gasteiger partial charge < -0.3 is 4.90 Å². The molecule has 0 saturated carbocycles. The topological polar surface area (TPSA) is 20.3 Å². The van der Waals surface area contributed by atoms with E-state index in [1.54, 1.807) is 0 Å². The zero-order valence-electron chi connectivity index (χ0n) is 9.55. The third-order valence-electron chi connectivity index (χ3n) is 2.49. The molecule has 0 aliphatic heterocycles. The van der Waals surface area contributed by atoms with Gasteiger partial charge in [-0.25, -0.2) is 0 Å². The minimum absolute atomic E-state index is 0.306. The molecule has 0 N–H and O–H groups in total. The highest BCUT2D eigenvalue weighted by Gasteiger charge is 2.18. The lowest BCUT2D eigenvalue weighted by Gasteiger charge is -2.30. The number of hydrogen-bond acceptors (Lipinski definition) is 1. The predicted octanol–water partition coefficient (Wildman–Crippen LogP) is 3.20. The van der Waals surface area contributed by atoms with Crippen molar-refractivity contribution in [3.8, 4) is 0 Å². The number of alkyl halides is 1. The smallest absolute Gasteiger partial charge is 0.222 e. The summed E-state index contributed by atoms with van der Waals surface area (Å²) in [6.45, 7) is 7.19. The molecule has 2 nitrogen and oxygen atoms in total. The van der Waals surface area contributed by atoms with Crippen LogP contribution in [0.3, 0.4) is 0 Å². The zero-order valence-corrected chi connectivity index (χ0v) is 11.1. The second-order valence-corrected chi connectivity index (χ2v) is 4.29. The Morgan fingerprint density at radius 1 is 1.29 bits per heavy atom. The summed E-state index contributed by atoms with van der Waals surface area (Å²) in [7, 11) is 0. The average Bonchev–Trinajstić information content (AvgIpc) is 2.18.